The number of hydrogen-bond acceptors (Lipinski definition) is 2. The van der Waals surface area contributed by atoms with E-state index in [2.05, 4.69) is 34.8 Å². The minimum atomic E-state index is 0.255. The van der Waals surface area contributed by atoms with Crippen molar-refractivity contribution in [2.75, 3.05) is 0 Å². The third kappa shape index (κ3) is 2.15. The first kappa shape index (κ1) is 11.7. The van der Waals surface area contributed by atoms with E-state index in [9.17, 15) is 0 Å². The first-order valence-corrected chi connectivity index (χ1v) is 6.90. The molecule has 0 bridgehead atoms. The lowest BCUT2D eigenvalue weighted by Gasteiger charge is -2.27. The van der Waals surface area contributed by atoms with Crippen LogP contribution >= 0.6 is 0 Å². The molecule has 1 aliphatic rings. The smallest absolute Gasteiger partial charge is 0.111 e. The highest BCUT2D eigenvalue weighted by molar-refractivity contribution is 5.75. The summed E-state index contributed by atoms with van der Waals surface area (Å²) in [7, 11) is 2.08. The van der Waals surface area contributed by atoms with Gasteiger partial charge in [-0.05, 0) is 24.5 Å². The van der Waals surface area contributed by atoms with Crippen molar-refractivity contribution in [3.8, 4) is 0 Å². The Morgan fingerprint density at radius 2 is 2.17 bits per heavy atom. The number of aromatic nitrogens is 2. The molecule has 1 unspecified atom stereocenters. The van der Waals surface area contributed by atoms with Gasteiger partial charge < -0.3 is 10.3 Å². The minimum Gasteiger partial charge on any atom is -0.331 e. The molecule has 2 N–H and O–H groups in total. The summed E-state index contributed by atoms with van der Waals surface area (Å²) >= 11 is 0. The topological polar surface area (TPSA) is 43.8 Å². The summed E-state index contributed by atoms with van der Waals surface area (Å²) < 4.78 is 2.18. The Bertz CT molecular complexity index is 540. The summed E-state index contributed by atoms with van der Waals surface area (Å²) in [5.74, 6) is 1.98. The minimum absolute atomic E-state index is 0.255. The van der Waals surface area contributed by atoms with E-state index in [0.717, 1.165) is 30.1 Å². The second kappa shape index (κ2) is 4.73. The van der Waals surface area contributed by atoms with Gasteiger partial charge in [-0.2, -0.15) is 0 Å². The van der Waals surface area contributed by atoms with Crippen molar-refractivity contribution in [1.82, 2.24) is 9.55 Å². The highest BCUT2D eigenvalue weighted by Gasteiger charge is 2.21. The highest BCUT2D eigenvalue weighted by atomic mass is 15.1. The van der Waals surface area contributed by atoms with Gasteiger partial charge in [-0.1, -0.05) is 31.4 Å². The summed E-state index contributed by atoms with van der Waals surface area (Å²) in [5, 5.41) is 0. The number of para-hydroxylation sites is 2. The highest BCUT2D eigenvalue weighted by Crippen LogP contribution is 2.30. The number of imidazole rings is 1. The second-order valence-corrected chi connectivity index (χ2v) is 5.57. The SMILES string of the molecule is Cn1c(CC(N)CC2CCC2)nc2ccccc21. The summed E-state index contributed by atoms with van der Waals surface area (Å²) in [6.45, 7) is 0. The summed E-state index contributed by atoms with van der Waals surface area (Å²) in [6.07, 6.45) is 6.18. The molecule has 1 heterocycles. The predicted octanol–water partition coefficient (Wildman–Crippen LogP) is 2.63. The Hall–Kier alpha value is -1.35. The molecule has 3 heteroatoms. The fourth-order valence-corrected chi connectivity index (χ4v) is 2.85. The zero-order chi connectivity index (χ0) is 12.5. The van der Waals surface area contributed by atoms with Crippen molar-refractivity contribution in [2.24, 2.45) is 18.7 Å². The Kier molecular flexibility index (Phi) is 3.08. The molecular formula is C15H21N3. The van der Waals surface area contributed by atoms with E-state index in [4.69, 9.17) is 5.73 Å². The van der Waals surface area contributed by atoms with E-state index >= 15 is 0 Å². The summed E-state index contributed by atoms with van der Waals surface area (Å²) in [4.78, 5) is 4.69. The van der Waals surface area contributed by atoms with Gasteiger partial charge in [-0.3, -0.25) is 0 Å². The van der Waals surface area contributed by atoms with E-state index in [-0.39, 0.29) is 6.04 Å². The maximum absolute atomic E-state index is 6.25. The van der Waals surface area contributed by atoms with Gasteiger partial charge in [-0.25, -0.2) is 4.98 Å². The van der Waals surface area contributed by atoms with Gasteiger partial charge in [0.15, 0.2) is 0 Å². The first-order valence-electron chi connectivity index (χ1n) is 6.90. The standard InChI is InChI=1S/C15H21N3/c1-18-14-8-3-2-7-13(14)17-15(18)10-12(16)9-11-5-4-6-11/h2-3,7-8,11-12H,4-6,9-10,16H2,1H3. The zero-order valence-electron chi connectivity index (χ0n) is 11.0. The van der Waals surface area contributed by atoms with Gasteiger partial charge in [-0.15, -0.1) is 0 Å². The second-order valence-electron chi connectivity index (χ2n) is 5.57. The van der Waals surface area contributed by atoms with Crippen LogP contribution in [-0.2, 0) is 13.5 Å². The number of nitrogens with two attached hydrogens (primary N) is 1. The van der Waals surface area contributed by atoms with Gasteiger partial charge in [0.25, 0.3) is 0 Å². The average molecular weight is 243 g/mol. The van der Waals surface area contributed by atoms with Crippen LogP contribution in [0.3, 0.4) is 0 Å². The Morgan fingerprint density at radius 3 is 2.83 bits per heavy atom. The molecule has 1 aromatic carbocycles. The van der Waals surface area contributed by atoms with Crippen LogP contribution in [0.1, 0.15) is 31.5 Å². The van der Waals surface area contributed by atoms with Gasteiger partial charge >= 0.3 is 0 Å². The van der Waals surface area contributed by atoms with E-state index in [1.165, 1.54) is 24.8 Å². The van der Waals surface area contributed by atoms with Crippen molar-refractivity contribution >= 4 is 11.0 Å². The molecule has 1 fully saturated rings. The molecule has 0 saturated heterocycles. The molecule has 1 aromatic heterocycles. The Balaban J connectivity index is 1.75. The van der Waals surface area contributed by atoms with Crippen LogP contribution in [0.25, 0.3) is 11.0 Å². The van der Waals surface area contributed by atoms with Crippen molar-refractivity contribution in [3.63, 3.8) is 0 Å². The molecule has 0 amide bonds. The molecule has 1 saturated carbocycles. The number of hydrogen-bond donors (Lipinski definition) is 1. The molecule has 0 radical (unpaired) electrons. The van der Waals surface area contributed by atoms with Gasteiger partial charge in [0.05, 0.1) is 11.0 Å². The zero-order valence-corrected chi connectivity index (χ0v) is 11.0. The molecule has 3 nitrogen and oxygen atoms in total. The van der Waals surface area contributed by atoms with Crippen molar-refractivity contribution < 1.29 is 0 Å². The van der Waals surface area contributed by atoms with Gasteiger partial charge in [0.1, 0.15) is 5.82 Å². The van der Waals surface area contributed by atoms with Crippen LogP contribution in [0.2, 0.25) is 0 Å². The van der Waals surface area contributed by atoms with Gasteiger partial charge in [0, 0.05) is 19.5 Å². The first-order chi connectivity index (χ1) is 8.74. The predicted molar refractivity (Wildman–Crippen MR) is 74.4 cm³/mol. The maximum Gasteiger partial charge on any atom is 0.111 e. The van der Waals surface area contributed by atoms with Crippen molar-refractivity contribution in [2.45, 2.75) is 38.1 Å². The largest absolute Gasteiger partial charge is 0.331 e. The molecule has 0 aliphatic heterocycles. The van der Waals surface area contributed by atoms with Crippen LogP contribution in [0.15, 0.2) is 24.3 Å². The maximum atomic E-state index is 6.25. The van der Waals surface area contributed by atoms with Crippen LogP contribution in [-0.4, -0.2) is 15.6 Å². The van der Waals surface area contributed by atoms with Crippen LogP contribution in [0, 0.1) is 5.92 Å². The summed E-state index contributed by atoms with van der Waals surface area (Å²) in [6, 6.07) is 8.53. The summed E-state index contributed by atoms with van der Waals surface area (Å²) in [5.41, 5.74) is 8.53. The molecule has 18 heavy (non-hydrogen) atoms. The molecule has 96 valence electrons. The van der Waals surface area contributed by atoms with Crippen molar-refractivity contribution in [1.29, 1.82) is 0 Å². The lowest BCUT2D eigenvalue weighted by Crippen LogP contribution is -2.29. The van der Waals surface area contributed by atoms with Crippen LogP contribution < -0.4 is 5.73 Å². The fourth-order valence-electron chi connectivity index (χ4n) is 2.85. The molecular weight excluding hydrogens is 222 g/mol. The number of rotatable bonds is 4. The molecule has 1 aliphatic carbocycles. The quantitative estimate of drug-likeness (QED) is 0.897. The third-order valence-electron chi connectivity index (χ3n) is 4.19. The normalized spacial score (nSPS) is 17.9. The Morgan fingerprint density at radius 1 is 1.39 bits per heavy atom. The van der Waals surface area contributed by atoms with Crippen LogP contribution in [0.4, 0.5) is 0 Å². The number of fused-ring (bicyclic) bond motifs is 1. The van der Waals surface area contributed by atoms with E-state index in [1.54, 1.807) is 0 Å². The van der Waals surface area contributed by atoms with E-state index in [1.807, 2.05) is 6.07 Å². The van der Waals surface area contributed by atoms with E-state index < -0.39 is 0 Å². The monoisotopic (exact) mass is 243 g/mol. The number of nitrogens with zero attached hydrogens (tertiary/aromatic N) is 2. The number of aryl methyl sites for hydroxylation is 1. The molecule has 0 spiro atoms. The third-order valence-corrected chi connectivity index (χ3v) is 4.19. The lowest BCUT2D eigenvalue weighted by atomic mass is 9.80. The fraction of sp³-hybridized carbons (Fsp3) is 0.533. The van der Waals surface area contributed by atoms with Gasteiger partial charge in [0.2, 0.25) is 0 Å². The number of benzene rings is 1. The molecule has 3 rings (SSSR count). The van der Waals surface area contributed by atoms with E-state index in [0.29, 0.717) is 0 Å². The Labute approximate surface area is 108 Å². The van der Waals surface area contributed by atoms with Crippen LogP contribution in [0.5, 0.6) is 0 Å². The molecule has 1 atom stereocenters. The average Bonchev–Trinajstić information content (AvgIpc) is 2.62. The van der Waals surface area contributed by atoms with Crippen molar-refractivity contribution in [3.05, 3.63) is 30.1 Å². The lowest BCUT2D eigenvalue weighted by molar-refractivity contribution is 0.274. The molecule has 2 aromatic rings.